The number of likely N-dealkylation sites (tertiary alicyclic amines) is 1. The molecule has 1 spiro atoms. The van der Waals surface area contributed by atoms with Gasteiger partial charge in [0.05, 0.1) is 41.2 Å². The van der Waals surface area contributed by atoms with Gasteiger partial charge in [0, 0.05) is 25.1 Å². The summed E-state index contributed by atoms with van der Waals surface area (Å²) < 4.78 is 8.18. The Morgan fingerprint density at radius 2 is 2.00 bits per heavy atom. The van der Waals surface area contributed by atoms with Gasteiger partial charge in [0.15, 0.2) is 11.5 Å². The van der Waals surface area contributed by atoms with E-state index in [4.69, 9.17) is 16.2 Å². The lowest BCUT2D eigenvalue weighted by Gasteiger charge is -2.51. The summed E-state index contributed by atoms with van der Waals surface area (Å²) in [7, 11) is 0. The molecule has 2 aliphatic rings. The van der Waals surface area contributed by atoms with Crippen LogP contribution in [0.3, 0.4) is 0 Å². The molecule has 4 aromatic rings. The van der Waals surface area contributed by atoms with E-state index < -0.39 is 17.2 Å². The molecule has 6 rings (SSSR count). The van der Waals surface area contributed by atoms with Gasteiger partial charge in [0.25, 0.3) is 5.91 Å². The van der Waals surface area contributed by atoms with Crippen LogP contribution < -0.4 is 11.5 Å². The maximum absolute atomic E-state index is 13.2. The first kappa shape index (κ1) is 22.7. The summed E-state index contributed by atoms with van der Waals surface area (Å²) in [5, 5.41) is 11.6. The van der Waals surface area contributed by atoms with Crippen molar-refractivity contribution >= 4 is 39.9 Å². The third-order valence-electron chi connectivity index (χ3n) is 7.56. The minimum atomic E-state index is -1.10. The number of fused-ring (bicyclic) bond motifs is 2. The quantitative estimate of drug-likeness (QED) is 0.324. The number of aromatic nitrogens is 6. The Bertz CT molecular complexity index is 1480. The first-order chi connectivity index (χ1) is 17.1. The Balaban J connectivity index is 1.17. The largest absolute Gasteiger partial charge is 0.388 e. The van der Waals surface area contributed by atoms with Crippen molar-refractivity contribution in [1.82, 2.24) is 34.4 Å². The second-order valence-corrected chi connectivity index (χ2v) is 10.2. The van der Waals surface area contributed by atoms with Gasteiger partial charge in [-0.2, -0.15) is 9.97 Å². The van der Waals surface area contributed by atoms with Crippen molar-refractivity contribution in [2.45, 2.75) is 50.4 Å². The summed E-state index contributed by atoms with van der Waals surface area (Å²) in [6, 6.07) is 5.12. The van der Waals surface area contributed by atoms with E-state index in [1.54, 1.807) is 17.8 Å². The molecule has 0 saturated carbocycles. The van der Waals surface area contributed by atoms with E-state index in [1.807, 2.05) is 30.0 Å². The number of rotatable bonds is 2. The average molecular weight is 492 g/mol. The molecule has 12 nitrogen and oxygen atoms in total. The van der Waals surface area contributed by atoms with Gasteiger partial charge in [0.1, 0.15) is 11.3 Å². The Morgan fingerprint density at radius 1 is 1.22 bits per heavy atom. The van der Waals surface area contributed by atoms with Gasteiger partial charge in [-0.3, -0.25) is 4.79 Å². The summed E-state index contributed by atoms with van der Waals surface area (Å²) in [4.78, 5) is 35.2. The van der Waals surface area contributed by atoms with E-state index in [2.05, 4.69) is 24.9 Å². The van der Waals surface area contributed by atoms with Crippen molar-refractivity contribution < 1.29 is 14.6 Å². The molecule has 0 unspecified atom stereocenters. The fourth-order valence-corrected chi connectivity index (χ4v) is 5.71. The van der Waals surface area contributed by atoms with Gasteiger partial charge in [-0.05, 0) is 44.9 Å². The maximum atomic E-state index is 13.2. The molecular weight excluding hydrogens is 462 g/mol. The number of carbonyl (C=O) groups is 1. The van der Waals surface area contributed by atoms with Crippen molar-refractivity contribution in [2.24, 2.45) is 0 Å². The molecule has 188 valence electrons. The smallest absolute Gasteiger partial charge is 0.253 e. The lowest BCUT2D eigenvalue weighted by Crippen LogP contribution is -2.58. The molecule has 0 radical (unpaired) electrons. The van der Waals surface area contributed by atoms with Gasteiger partial charge in [-0.25, -0.2) is 9.97 Å². The standard InChI is InChI=1S/C24H29N9O3/c1-13-28-15-4-3-14(9-16(15)29-13)21(34)32-7-5-24(6-8-32)11-23(2,35)17(10-36-24)33-12-27-18-19(25)30-22(26)31-20(18)33/h3-4,9,12,17,35H,5-8,10-11H2,1-2H3,(H,28,29)(H4,25,26,30,31)/t17-,23-/m1/s1. The molecule has 2 fully saturated rings. The molecule has 3 aromatic heterocycles. The van der Waals surface area contributed by atoms with Crippen LogP contribution in [-0.2, 0) is 4.74 Å². The van der Waals surface area contributed by atoms with E-state index in [9.17, 15) is 9.90 Å². The number of nitrogen functional groups attached to an aromatic ring is 2. The van der Waals surface area contributed by atoms with E-state index in [1.165, 1.54) is 0 Å². The molecule has 2 saturated heterocycles. The zero-order valence-electron chi connectivity index (χ0n) is 20.2. The molecule has 1 aromatic carbocycles. The summed E-state index contributed by atoms with van der Waals surface area (Å²) in [6.45, 7) is 5.07. The van der Waals surface area contributed by atoms with Gasteiger partial charge >= 0.3 is 0 Å². The van der Waals surface area contributed by atoms with Crippen molar-refractivity contribution in [2.75, 3.05) is 31.2 Å². The Kier molecular flexibility index (Phi) is 4.96. The summed E-state index contributed by atoms with van der Waals surface area (Å²) in [5.74, 6) is 1.05. The van der Waals surface area contributed by atoms with Crippen LogP contribution in [0.2, 0.25) is 0 Å². The van der Waals surface area contributed by atoms with Crippen molar-refractivity contribution in [1.29, 1.82) is 0 Å². The molecule has 5 heterocycles. The van der Waals surface area contributed by atoms with Crippen LogP contribution in [0.4, 0.5) is 11.8 Å². The van der Waals surface area contributed by atoms with Crippen molar-refractivity contribution in [3.05, 3.63) is 35.9 Å². The van der Waals surface area contributed by atoms with Crippen LogP contribution in [0, 0.1) is 6.92 Å². The van der Waals surface area contributed by atoms with E-state index in [0.29, 0.717) is 49.1 Å². The van der Waals surface area contributed by atoms with Crippen LogP contribution >= 0.6 is 0 Å². The lowest BCUT2D eigenvalue weighted by atomic mass is 9.75. The third kappa shape index (κ3) is 3.64. The minimum absolute atomic E-state index is 0.0146. The number of ether oxygens (including phenoxy) is 1. The normalized spacial score (nSPS) is 24.1. The Morgan fingerprint density at radius 3 is 2.75 bits per heavy atom. The summed E-state index contributed by atoms with van der Waals surface area (Å²) in [5.41, 5.74) is 13.4. The highest BCUT2D eigenvalue weighted by Crippen LogP contribution is 2.44. The second-order valence-electron chi connectivity index (χ2n) is 10.2. The average Bonchev–Trinajstić information content (AvgIpc) is 3.40. The number of benzene rings is 1. The summed E-state index contributed by atoms with van der Waals surface area (Å²) in [6.07, 6.45) is 3.29. The molecule has 2 atom stereocenters. The fraction of sp³-hybridized carbons (Fsp3) is 0.458. The predicted octanol–water partition coefficient (Wildman–Crippen LogP) is 1.56. The van der Waals surface area contributed by atoms with Gasteiger partial charge in [-0.15, -0.1) is 0 Å². The number of aliphatic hydroxyl groups is 1. The van der Waals surface area contributed by atoms with Gasteiger partial charge in [0.2, 0.25) is 5.95 Å². The monoisotopic (exact) mass is 491 g/mol. The number of H-pyrrole nitrogens is 1. The maximum Gasteiger partial charge on any atom is 0.253 e. The molecule has 6 N–H and O–H groups in total. The molecule has 1 amide bonds. The van der Waals surface area contributed by atoms with Gasteiger partial charge < -0.3 is 35.8 Å². The number of nitrogens with two attached hydrogens (primary N) is 2. The first-order valence-electron chi connectivity index (χ1n) is 12.0. The number of carbonyl (C=O) groups excluding carboxylic acids is 1. The molecule has 2 aliphatic heterocycles. The van der Waals surface area contributed by atoms with E-state index >= 15 is 0 Å². The van der Waals surface area contributed by atoms with E-state index in [-0.39, 0.29) is 24.3 Å². The zero-order valence-corrected chi connectivity index (χ0v) is 20.2. The number of aromatic amines is 1. The number of nitrogens with zero attached hydrogens (tertiary/aromatic N) is 6. The highest BCUT2D eigenvalue weighted by Gasteiger charge is 2.50. The number of aryl methyl sites for hydroxylation is 1. The number of hydrogen-bond donors (Lipinski definition) is 4. The fourth-order valence-electron chi connectivity index (χ4n) is 5.71. The predicted molar refractivity (Wildman–Crippen MR) is 133 cm³/mol. The van der Waals surface area contributed by atoms with Crippen molar-refractivity contribution in [3.8, 4) is 0 Å². The van der Waals surface area contributed by atoms with Crippen LogP contribution in [0.25, 0.3) is 22.2 Å². The highest BCUT2D eigenvalue weighted by molar-refractivity contribution is 5.97. The second kappa shape index (κ2) is 7.87. The first-order valence-corrected chi connectivity index (χ1v) is 12.0. The Labute approximate surface area is 206 Å². The lowest BCUT2D eigenvalue weighted by molar-refractivity contribution is -0.194. The van der Waals surface area contributed by atoms with Gasteiger partial charge in [-0.1, -0.05) is 0 Å². The van der Waals surface area contributed by atoms with Crippen LogP contribution in [0.15, 0.2) is 24.5 Å². The SMILES string of the molecule is Cc1nc2ccc(C(=O)N3CCC4(CC3)C[C@@](C)(O)[C@H](n3cnc5c(N)nc(N)nc53)CO4)cc2[nH]1. The molecule has 0 aliphatic carbocycles. The Hall–Kier alpha value is -3.77. The number of hydrogen-bond acceptors (Lipinski definition) is 9. The molecule has 0 bridgehead atoms. The highest BCUT2D eigenvalue weighted by atomic mass is 16.5. The number of amides is 1. The molecule has 12 heteroatoms. The minimum Gasteiger partial charge on any atom is -0.388 e. The zero-order chi connectivity index (χ0) is 25.2. The topological polar surface area (TPSA) is 174 Å². The van der Waals surface area contributed by atoms with Crippen molar-refractivity contribution in [3.63, 3.8) is 0 Å². The number of piperidine rings is 1. The molecule has 36 heavy (non-hydrogen) atoms. The van der Waals surface area contributed by atoms with Crippen LogP contribution in [0.5, 0.6) is 0 Å². The number of imidazole rings is 2. The number of anilines is 2. The number of nitrogens with one attached hydrogen (secondary N) is 1. The third-order valence-corrected chi connectivity index (χ3v) is 7.56. The van der Waals surface area contributed by atoms with Crippen LogP contribution in [-0.4, -0.2) is 76.3 Å². The summed E-state index contributed by atoms with van der Waals surface area (Å²) >= 11 is 0. The molecular formula is C24H29N9O3. The van der Waals surface area contributed by atoms with E-state index in [0.717, 1.165) is 16.9 Å². The van der Waals surface area contributed by atoms with Crippen LogP contribution in [0.1, 0.15) is 48.4 Å².